The summed E-state index contributed by atoms with van der Waals surface area (Å²) in [7, 11) is 1.63. The molecule has 2 rings (SSSR count). The van der Waals surface area contributed by atoms with Gasteiger partial charge in [0, 0.05) is 26.2 Å². The first-order valence-corrected chi connectivity index (χ1v) is 9.46. The summed E-state index contributed by atoms with van der Waals surface area (Å²) >= 11 is 0. The highest BCUT2D eigenvalue weighted by atomic mass is 16.6. The van der Waals surface area contributed by atoms with E-state index in [1.165, 1.54) is 9.80 Å². The van der Waals surface area contributed by atoms with Gasteiger partial charge in [0.15, 0.2) is 0 Å². The molecule has 0 N–H and O–H groups in total. The van der Waals surface area contributed by atoms with Gasteiger partial charge >= 0.3 is 12.2 Å². The normalized spacial score (nSPS) is 11.1. The summed E-state index contributed by atoms with van der Waals surface area (Å²) in [5.41, 5.74) is 0.917. The van der Waals surface area contributed by atoms with Gasteiger partial charge in [-0.25, -0.2) is 9.59 Å². The first kappa shape index (κ1) is 22.3. The lowest BCUT2D eigenvalue weighted by Crippen LogP contribution is -2.41. The molecule has 0 aliphatic rings. The van der Waals surface area contributed by atoms with E-state index in [0.29, 0.717) is 11.5 Å². The van der Waals surface area contributed by atoms with Crippen LogP contribution in [0.25, 0.3) is 0 Å². The van der Waals surface area contributed by atoms with Gasteiger partial charge < -0.3 is 23.8 Å². The van der Waals surface area contributed by atoms with Crippen LogP contribution in [-0.4, -0.2) is 52.9 Å². The van der Waals surface area contributed by atoms with Crippen molar-refractivity contribution >= 4 is 12.2 Å². The molecule has 0 saturated carbocycles. The average molecular weight is 403 g/mol. The van der Waals surface area contributed by atoms with Crippen molar-refractivity contribution in [2.24, 2.45) is 0 Å². The molecule has 0 saturated heterocycles. The number of nitrogens with zero attached hydrogens (tertiary/aromatic N) is 3. The topological polar surface area (TPSA) is 85.1 Å². The number of aromatic nitrogens is 1. The predicted octanol–water partition coefficient (Wildman–Crippen LogP) is 3.99. The Morgan fingerprint density at radius 1 is 1.10 bits per heavy atom. The van der Waals surface area contributed by atoms with Crippen molar-refractivity contribution in [2.45, 2.75) is 46.4 Å². The van der Waals surface area contributed by atoms with E-state index in [1.807, 2.05) is 30.3 Å². The quantitative estimate of drug-likeness (QED) is 0.695. The fourth-order valence-corrected chi connectivity index (χ4v) is 2.44. The van der Waals surface area contributed by atoms with E-state index >= 15 is 0 Å². The number of carbonyl (C=O) groups is 2. The molecule has 1 heterocycles. The van der Waals surface area contributed by atoms with Crippen LogP contribution in [0, 0.1) is 6.92 Å². The summed E-state index contributed by atoms with van der Waals surface area (Å²) in [6, 6.07) is 11.2. The van der Waals surface area contributed by atoms with Crippen LogP contribution in [-0.2, 0) is 22.6 Å². The largest absolute Gasteiger partial charge is 0.445 e. The molecule has 0 aliphatic heterocycles. The number of ether oxygens (including phenoxy) is 2. The number of benzene rings is 1. The van der Waals surface area contributed by atoms with Gasteiger partial charge in [0.25, 0.3) is 0 Å². The van der Waals surface area contributed by atoms with Gasteiger partial charge in [0.05, 0.1) is 6.54 Å². The molecule has 2 amide bonds. The zero-order valence-corrected chi connectivity index (χ0v) is 17.7. The van der Waals surface area contributed by atoms with Crippen LogP contribution in [0.1, 0.15) is 37.8 Å². The van der Waals surface area contributed by atoms with Crippen LogP contribution in [0.2, 0.25) is 0 Å². The van der Waals surface area contributed by atoms with E-state index in [4.69, 9.17) is 14.0 Å². The molecule has 0 spiro atoms. The van der Waals surface area contributed by atoms with Crippen molar-refractivity contribution in [3.63, 3.8) is 0 Å². The van der Waals surface area contributed by atoms with Crippen LogP contribution in [0.3, 0.4) is 0 Å². The van der Waals surface area contributed by atoms with Gasteiger partial charge in [0.2, 0.25) is 0 Å². The molecule has 8 heteroatoms. The van der Waals surface area contributed by atoms with E-state index in [0.717, 1.165) is 5.56 Å². The second-order valence-electron chi connectivity index (χ2n) is 7.79. The van der Waals surface area contributed by atoms with Crippen LogP contribution < -0.4 is 0 Å². The Morgan fingerprint density at radius 3 is 2.38 bits per heavy atom. The lowest BCUT2D eigenvalue weighted by molar-refractivity contribution is 0.0272. The molecular formula is C21H29N3O5. The third-order valence-electron chi connectivity index (χ3n) is 3.90. The van der Waals surface area contributed by atoms with Crippen molar-refractivity contribution in [3.05, 3.63) is 53.4 Å². The summed E-state index contributed by atoms with van der Waals surface area (Å²) in [6.07, 6.45) is -0.945. The van der Waals surface area contributed by atoms with Crippen LogP contribution >= 0.6 is 0 Å². The smallest absolute Gasteiger partial charge is 0.410 e. The number of carbonyl (C=O) groups excluding carboxylic acids is 2. The maximum atomic E-state index is 12.6. The predicted molar refractivity (Wildman–Crippen MR) is 107 cm³/mol. The molecule has 29 heavy (non-hydrogen) atoms. The summed E-state index contributed by atoms with van der Waals surface area (Å²) in [4.78, 5) is 27.7. The highest BCUT2D eigenvalue weighted by Gasteiger charge is 2.22. The molecule has 0 unspecified atom stereocenters. The summed E-state index contributed by atoms with van der Waals surface area (Å²) in [6.45, 7) is 8.12. The maximum Gasteiger partial charge on any atom is 0.410 e. The van der Waals surface area contributed by atoms with Crippen molar-refractivity contribution in [1.29, 1.82) is 0 Å². The molecule has 0 bridgehead atoms. The average Bonchev–Trinajstić information content (AvgIpc) is 3.07. The SMILES string of the molecule is Cc1cc(CN(CCN(C)C(=O)OC(C)(C)C)C(=O)OCc2ccccc2)no1. The molecule has 0 atom stereocenters. The van der Waals surface area contributed by atoms with E-state index in [1.54, 1.807) is 40.8 Å². The Bertz CT molecular complexity index is 798. The monoisotopic (exact) mass is 403 g/mol. The van der Waals surface area contributed by atoms with Gasteiger partial charge in [-0.15, -0.1) is 0 Å². The third kappa shape index (κ3) is 7.85. The molecule has 1 aromatic heterocycles. The minimum absolute atomic E-state index is 0.163. The van der Waals surface area contributed by atoms with E-state index < -0.39 is 17.8 Å². The van der Waals surface area contributed by atoms with Gasteiger partial charge in [0.1, 0.15) is 23.7 Å². The number of likely N-dealkylation sites (N-methyl/N-ethyl adjacent to an activating group) is 1. The van der Waals surface area contributed by atoms with Crippen LogP contribution in [0.5, 0.6) is 0 Å². The highest BCUT2D eigenvalue weighted by Crippen LogP contribution is 2.11. The van der Waals surface area contributed by atoms with Crippen LogP contribution in [0.15, 0.2) is 40.9 Å². The molecular weight excluding hydrogens is 374 g/mol. The lowest BCUT2D eigenvalue weighted by atomic mass is 10.2. The van der Waals surface area contributed by atoms with Gasteiger partial charge in [-0.2, -0.15) is 0 Å². The lowest BCUT2D eigenvalue weighted by Gasteiger charge is -2.27. The number of hydrogen-bond acceptors (Lipinski definition) is 6. The molecule has 158 valence electrons. The molecule has 8 nitrogen and oxygen atoms in total. The Kier molecular flexibility index (Phi) is 7.64. The summed E-state index contributed by atoms with van der Waals surface area (Å²) in [5.74, 6) is 0.656. The Labute approximate surface area is 171 Å². The van der Waals surface area contributed by atoms with E-state index in [-0.39, 0.29) is 26.2 Å². The Hall–Kier alpha value is -3.03. The minimum atomic E-state index is -0.585. The number of aryl methyl sites for hydroxylation is 1. The molecule has 0 aliphatic carbocycles. The third-order valence-corrected chi connectivity index (χ3v) is 3.90. The first-order valence-electron chi connectivity index (χ1n) is 9.46. The summed E-state index contributed by atoms with van der Waals surface area (Å²) in [5, 5.41) is 3.94. The minimum Gasteiger partial charge on any atom is -0.445 e. The first-order chi connectivity index (χ1) is 13.6. The van der Waals surface area contributed by atoms with Crippen molar-refractivity contribution < 1.29 is 23.6 Å². The van der Waals surface area contributed by atoms with E-state index in [9.17, 15) is 9.59 Å². The number of hydrogen-bond donors (Lipinski definition) is 0. The second-order valence-corrected chi connectivity index (χ2v) is 7.79. The van der Waals surface area contributed by atoms with Crippen molar-refractivity contribution in [3.8, 4) is 0 Å². The Balaban J connectivity index is 1.98. The van der Waals surface area contributed by atoms with Crippen molar-refractivity contribution in [1.82, 2.24) is 15.0 Å². The number of rotatable bonds is 7. The standard InChI is InChI=1S/C21H29N3O5/c1-16-13-18(22-29-16)14-24(12-11-23(5)19(25)28-21(2,3)4)20(26)27-15-17-9-7-6-8-10-17/h6-10,13H,11-12,14-15H2,1-5H3. The van der Waals surface area contributed by atoms with Gasteiger partial charge in [-0.3, -0.25) is 0 Å². The number of amides is 2. The summed E-state index contributed by atoms with van der Waals surface area (Å²) < 4.78 is 15.9. The second kappa shape index (κ2) is 9.95. The zero-order chi connectivity index (χ0) is 21.4. The Morgan fingerprint density at radius 2 is 1.79 bits per heavy atom. The fraction of sp³-hybridized carbons (Fsp3) is 0.476. The zero-order valence-electron chi connectivity index (χ0n) is 17.7. The molecule has 0 radical (unpaired) electrons. The molecule has 1 aromatic carbocycles. The molecule has 2 aromatic rings. The molecule has 0 fully saturated rings. The van der Waals surface area contributed by atoms with Crippen LogP contribution in [0.4, 0.5) is 9.59 Å². The fourth-order valence-electron chi connectivity index (χ4n) is 2.44. The van der Waals surface area contributed by atoms with Gasteiger partial charge in [-0.05, 0) is 33.3 Å². The van der Waals surface area contributed by atoms with E-state index in [2.05, 4.69) is 5.16 Å². The van der Waals surface area contributed by atoms with Gasteiger partial charge in [-0.1, -0.05) is 35.5 Å². The highest BCUT2D eigenvalue weighted by molar-refractivity contribution is 5.69. The maximum absolute atomic E-state index is 12.6. The van der Waals surface area contributed by atoms with Crippen molar-refractivity contribution in [2.75, 3.05) is 20.1 Å².